The molecule has 3 rings (SSSR count). The van der Waals surface area contributed by atoms with E-state index in [2.05, 4.69) is 27.7 Å². The maximum absolute atomic E-state index is 12.2. The highest BCUT2D eigenvalue weighted by Crippen LogP contribution is 2.19. The smallest absolute Gasteiger partial charge is 0.315 e. The molecule has 1 aromatic heterocycles. The largest absolute Gasteiger partial charge is 0.467 e. The van der Waals surface area contributed by atoms with Crippen LogP contribution in [0.2, 0.25) is 0 Å². The Bertz CT molecular complexity index is 645. The van der Waals surface area contributed by atoms with Crippen LogP contribution in [0.25, 0.3) is 0 Å². The third kappa shape index (κ3) is 5.08. The molecule has 1 aliphatic rings. The first-order valence-electron chi connectivity index (χ1n) is 8.68. The quantitative estimate of drug-likeness (QED) is 0.749. The van der Waals surface area contributed by atoms with Crippen molar-refractivity contribution in [3.8, 4) is 0 Å². The van der Waals surface area contributed by atoms with Gasteiger partial charge in [-0.05, 0) is 30.7 Å². The summed E-state index contributed by atoms with van der Waals surface area (Å²) in [5, 5.41) is 15.4. The van der Waals surface area contributed by atoms with Crippen LogP contribution in [0.5, 0.6) is 0 Å². The molecule has 1 saturated heterocycles. The van der Waals surface area contributed by atoms with Crippen LogP contribution in [0.4, 0.5) is 4.79 Å². The number of hydrogen-bond acceptors (Lipinski definition) is 4. The first-order valence-corrected chi connectivity index (χ1v) is 8.68. The van der Waals surface area contributed by atoms with Gasteiger partial charge in [0.05, 0.1) is 12.8 Å². The van der Waals surface area contributed by atoms with Gasteiger partial charge < -0.3 is 20.2 Å². The minimum absolute atomic E-state index is 0.0703. The van der Waals surface area contributed by atoms with E-state index in [4.69, 9.17) is 4.42 Å². The van der Waals surface area contributed by atoms with Crippen molar-refractivity contribution in [3.05, 3.63) is 60.1 Å². The Kier molecular flexibility index (Phi) is 6.09. The molecule has 0 spiro atoms. The molecule has 2 atom stereocenters. The summed E-state index contributed by atoms with van der Waals surface area (Å²) >= 11 is 0. The average molecular weight is 343 g/mol. The number of rotatable bonds is 6. The van der Waals surface area contributed by atoms with Crippen molar-refractivity contribution in [2.24, 2.45) is 5.92 Å². The number of carbonyl (C=O) groups is 1. The fourth-order valence-corrected chi connectivity index (χ4v) is 3.24. The average Bonchev–Trinajstić information content (AvgIpc) is 3.15. The summed E-state index contributed by atoms with van der Waals surface area (Å²) in [6, 6.07) is 13.6. The molecule has 2 heterocycles. The van der Waals surface area contributed by atoms with Gasteiger partial charge in [0.15, 0.2) is 0 Å². The number of hydrogen-bond donors (Lipinski definition) is 3. The number of nitrogens with one attached hydrogen (secondary N) is 2. The molecule has 3 N–H and O–H groups in total. The van der Waals surface area contributed by atoms with Gasteiger partial charge in [0.2, 0.25) is 0 Å². The number of likely N-dealkylation sites (tertiary alicyclic amines) is 1. The number of furan rings is 1. The monoisotopic (exact) mass is 343 g/mol. The SMILES string of the molecule is O=C(NCc1ccco1)N[C@H]1CN(Cc2ccccc2)CC[C@@H]1CO. The van der Waals surface area contributed by atoms with Gasteiger partial charge in [0.25, 0.3) is 0 Å². The number of carbonyl (C=O) groups excluding carboxylic acids is 1. The first-order chi connectivity index (χ1) is 12.2. The molecule has 134 valence electrons. The highest BCUT2D eigenvalue weighted by atomic mass is 16.3. The lowest BCUT2D eigenvalue weighted by molar-refractivity contribution is 0.0946. The second-order valence-corrected chi connectivity index (χ2v) is 6.46. The van der Waals surface area contributed by atoms with Crippen molar-refractivity contribution in [3.63, 3.8) is 0 Å². The predicted octanol–water partition coefficient (Wildman–Crippen LogP) is 1.96. The highest BCUT2D eigenvalue weighted by Gasteiger charge is 2.29. The van der Waals surface area contributed by atoms with E-state index in [0.717, 1.165) is 26.1 Å². The Hall–Kier alpha value is -2.31. The number of urea groups is 1. The molecular weight excluding hydrogens is 318 g/mol. The molecule has 1 aliphatic heterocycles. The maximum Gasteiger partial charge on any atom is 0.315 e. The van der Waals surface area contributed by atoms with Crippen LogP contribution in [0.15, 0.2) is 53.1 Å². The van der Waals surface area contributed by atoms with Crippen LogP contribution in [0, 0.1) is 5.92 Å². The molecule has 0 radical (unpaired) electrons. The van der Waals surface area contributed by atoms with Gasteiger partial charge in [-0.25, -0.2) is 4.79 Å². The van der Waals surface area contributed by atoms with Crippen molar-refractivity contribution < 1.29 is 14.3 Å². The van der Waals surface area contributed by atoms with Crippen LogP contribution in [-0.4, -0.2) is 41.8 Å². The van der Waals surface area contributed by atoms with Crippen molar-refractivity contribution in [1.82, 2.24) is 15.5 Å². The zero-order valence-corrected chi connectivity index (χ0v) is 14.2. The number of piperidine rings is 1. The maximum atomic E-state index is 12.2. The van der Waals surface area contributed by atoms with Gasteiger partial charge >= 0.3 is 6.03 Å². The second-order valence-electron chi connectivity index (χ2n) is 6.46. The summed E-state index contributed by atoms with van der Waals surface area (Å²) in [6.45, 7) is 2.94. The highest BCUT2D eigenvalue weighted by molar-refractivity contribution is 5.74. The fraction of sp³-hybridized carbons (Fsp3) is 0.421. The molecule has 1 fully saturated rings. The van der Waals surface area contributed by atoms with Crippen LogP contribution in [0.1, 0.15) is 17.7 Å². The second kappa shape index (κ2) is 8.69. The number of amides is 2. The predicted molar refractivity (Wildman–Crippen MR) is 94.8 cm³/mol. The summed E-state index contributed by atoms with van der Waals surface area (Å²) in [5.74, 6) is 0.796. The van der Waals surface area contributed by atoms with Gasteiger partial charge in [0.1, 0.15) is 5.76 Å². The minimum Gasteiger partial charge on any atom is -0.467 e. The lowest BCUT2D eigenvalue weighted by Gasteiger charge is -2.38. The van der Waals surface area contributed by atoms with E-state index in [0.29, 0.717) is 12.3 Å². The van der Waals surface area contributed by atoms with Crippen LogP contribution >= 0.6 is 0 Å². The van der Waals surface area contributed by atoms with Crippen LogP contribution in [0.3, 0.4) is 0 Å². The van der Waals surface area contributed by atoms with E-state index in [-0.39, 0.29) is 24.6 Å². The first kappa shape index (κ1) is 17.5. The molecule has 0 unspecified atom stereocenters. The Morgan fingerprint density at radius 1 is 1.24 bits per heavy atom. The van der Waals surface area contributed by atoms with Gasteiger partial charge in [0, 0.05) is 31.7 Å². The zero-order valence-electron chi connectivity index (χ0n) is 14.2. The lowest BCUT2D eigenvalue weighted by atomic mass is 9.92. The number of nitrogens with zero attached hydrogens (tertiary/aromatic N) is 1. The number of aliphatic hydroxyl groups excluding tert-OH is 1. The minimum atomic E-state index is -0.235. The molecule has 25 heavy (non-hydrogen) atoms. The molecule has 2 aromatic rings. The Morgan fingerprint density at radius 3 is 2.80 bits per heavy atom. The van der Waals surface area contributed by atoms with Gasteiger partial charge in [-0.2, -0.15) is 0 Å². The number of aliphatic hydroxyl groups is 1. The standard InChI is InChI=1S/C19H25N3O3/c23-14-16-8-9-22(12-15-5-2-1-3-6-15)13-18(16)21-19(24)20-11-17-7-4-10-25-17/h1-7,10,16,18,23H,8-9,11-14H2,(H2,20,21,24)/t16-,18+/m1/s1. The summed E-state index contributed by atoms with van der Waals surface area (Å²) in [7, 11) is 0. The van der Waals surface area contributed by atoms with Crippen LogP contribution < -0.4 is 10.6 Å². The van der Waals surface area contributed by atoms with Gasteiger partial charge in [-0.15, -0.1) is 0 Å². The molecular formula is C19H25N3O3. The van der Waals surface area contributed by atoms with Crippen molar-refractivity contribution in [1.29, 1.82) is 0 Å². The molecule has 0 saturated carbocycles. The van der Waals surface area contributed by atoms with Gasteiger partial charge in [-0.1, -0.05) is 30.3 Å². The molecule has 0 bridgehead atoms. The summed E-state index contributed by atoms with van der Waals surface area (Å²) in [6.07, 6.45) is 2.45. The third-order valence-electron chi connectivity index (χ3n) is 4.64. The summed E-state index contributed by atoms with van der Waals surface area (Å²) < 4.78 is 5.21. The van der Waals surface area contributed by atoms with E-state index in [1.807, 2.05) is 24.3 Å². The Morgan fingerprint density at radius 2 is 2.08 bits per heavy atom. The van der Waals surface area contributed by atoms with Crippen molar-refractivity contribution in [2.45, 2.75) is 25.6 Å². The summed E-state index contributed by atoms with van der Waals surface area (Å²) in [4.78, 5) is 14.5. The summed E-state index contributed by atoms with van der Waals surface area (Å²) in [5.41, 5.74) is 1.26. The Labute approximate surface area is 147 Å². The normalized spacial score (nSPS) is 21.0. The third-order valence-corrected chi connectivity index (χ3v) is 4.64. The molecule has 6 heteroatoms. The zero-order chi connectivity index (χ0) is 17.5. The molecule has 6 nitrogen and oxygen atoms in total. The number of benzene rings is 1. The molecule has 0 aliphatic carbocycles. The fourth-order valence-electron chi connectivity index (χ4n) is 3.24. The topological polar surface area (TPSA) is 77.7 Å². The van der Waals surface area contributed by atoms with Crippen molar-refractivity contribution in [2.75, 3.05) is 19.7 Å². The Balaban J connectivity index is 1.52. The van der Waals surface area contributed by atoms with E-state index >= 15 is 0 Å². The lowest BCUT2D eigenvalue weighted by Crippen LogP contribution is -2.55. The van der Waals surface area contributed by atoms with E-state index in [1.165, 1.54) is 5.56 Å². The van der Waals surface area contributed by atoms with Crippen molar-refractivity contribution >= 4 is 6.03 Å². The van der Waals surface area contributed by atoms with Gasteiger partial charge in [-0.3, -0.25) is 4.90 Å². The molecule has 1 aromatic carbocycles. The van der Waals surface area contributed by atoms with Crippen LogP contribution in [-0.2, 0) is 13.1 Å². The van der Waals surface area contributed by atoms with E-state index in [9.17, 15) is 9.90 Å². The van der Waals surface area contributed by atoms with E-state index < -0.39 is 0 Å². The molecule has 2 amide bonds. The van der Waals surface area contributed by atoms with E-state index in [1.54, 1.807) is 12.3 Å².